The van der Waals surface area contributed by atoms with Crippen LogP contribution in [0.5, 0.6) is 11.5 Å². The van der Waals surface area contributed by atoms with Gasteiger partial charge in [0.05, 0.1) is 14.2 Å². The van der Waals surface area contributed by atoms with Gasteiger partial charge in [0, 0.05) is 16.7 Å². The van der Waals surface area contributed by atoms with Gasteiger partial charge in [0.25, 0.3) is 0 Å². The smallest absolute Gasteiger partial charge is 0.128 e. The number of halogens is 1. The predicted molar refractivity (Wildman–Crippen MR) is 75.1 cm³/mol. The third-order valence-corrected chi connectivity index (χ3v) is 3.17. The van der Waals surface area contributed by atoms with Gasteiger partial charge in [-0.1, -0.05) is 23.7 Å². The van der Waals surface area contributed by atoms with Crippen LogP contribution in [0.1, 0.15) is 17.2 Å². The summed E-state index contributed by atoms with van der Waals surface area (Å²) in [6.07, 6.45) is -0.766. The topological polar surface area (TPSA) is 38.7 Å². The quantitative estimate of drug-likeness (QED) is 0.931. The fraction of sp³-hybridized carbons (Fsp3) is 0.200. The molecule has 0 spiro atoms. The van der Waals surface area contributed by atoms with E-state index in [0.29, 0.717) is 22.1 Å². The van der Waals surface area contributed by atoms with E-state index in [-0.39, 0.29) is 0 Å². The molecule has 1 N–H and O–H groups in total. The molecule has 0 fully saturated rings. The van der Waals surface area contributed by atoms with Gasteiger partial charge in [-0.25, -0.2) is 0 Å². The molecular weight excluding hydrogens is 264 g/mol. The van der Waals surface area contributed by atoms with Crippen LogP contribution in [0.2, 0.25) is 5.02 Å². The Balaban J connectivity index is 2.37. The van der Waals surface area contributed by atoms with Gasteiger partial charge in [-0.2, -0.15) is 0 Å². The molecule has 0 aliphatic rings. The molecule has 0 saturated heterocycles. The fourth-order valence-electron chi connectivity index (χ4n) is 1.87. The van der Waals surface area contributed by atoms with E-state index in [9.17, 15) is 5.11 Å². The van der Waals surface area contributed by atoms with Crippen molar-refractivity contribution in [2.45, 2.75) is 6.10 Å². The molecular formula is C15H15ClO3. The number of ether oxygens (including phenoxy) is 2. The van der Waals surface area contributed by atoms with Crippen LogP contribution in [-0.4, -0.2) is 19.3 Å². The lowest BCUT2D eigenvalue weighted by Gasteiger charge is -2.16. The van der Waals surface area contributed by atoms with E-state index in [1.807, 2.05) is 0 Å². The van der Waals surface area contributed by atoms with Crippen molar-refractivity contribution >= 4 is 11.6 Å². The number of aliphatic hydroxyl groups excluding tert-OH is 1. The van der Waals surface area contributed by atoms with Gasteiger partial charge in [0.15, 0.2) is 0 Å². The number of benzene rings is 2. The molecule has 0 radical (unpaired) electrons. The molecule has 0 aliphatic heterocycles. The predicted octanol–water partition coefficient (Wildman–Crippen LogP) is 3.44. The molecule has 100 valence electrons. The monoisotopic (exact) mass is 278 g/mol. The molecule has 0 unspecified atom stereocenters. The first-order chi connectivity index (χ1) is 9.15. The van der Waals surface area contributed by atoms with Gasteiger partial charge in [0.2, 0.25) is 0 Å². The fourth-order valence-corrected chi connectivity index (χ4v) is 1.99. The largest absolute Gasteiger partial charge is 0.497 e. The zero-order chi connectivity index (χ0) is 13.8. The first-order valence-corrected chi connectivity index (χ1v) is 6.19. The van der Waals surface area contributed by atoms with Gasteiger partial charge in [-0.15, -0.1) is 0 Å². The molecule has 3 nitrogen and oxygen atoms in total. The summed E-state index contributed by atoms with van der Waals surface area (Å²) >= 11 is 5.84. The Morgan fingerprint density at radius 2 is 1.68 bits per heavy atom. The van der Waals surface area contributed by atoms with Crippen LogP contribution in [0.25, 0.3) is 0 Å². The van der Waals surface area contributed by atoms with Crippen molar-refractivity contribution in [2.75, 3.05) is 14.2 Å². The van der Waals surface area contributed by atoms with Crippen LogP contribution in [0.4, 0.5) is 0 Å². The van der Waals surface area contributed by atoms with E-state index < -0.39 is 6.10 Å². The highest BCUT2D eigenvalue weighted by Gasteiger charge is 2.16. The average molecular weight is 279 g/mol. The van der Waals surface area contributed by atoms with Crippen LogP contribution < -0.4 is 9.47 Å². The molecule has 0 aliphatic carbocycles. The Bertz CT molecular complexity index is 552. The highest BCUT2D eigenvalue weighted by Crippen LogP contribution is 2.33. The third-order valence-electron chi connectivity index (χ3n) is 2.92. The van der Waals surface area contributed by atoms with E-state index in [4.69, 9.17) is 21.1 Å². The second-order valence-corrected chi connectivity index (χ2v) is 4.50. The summed E-state index contributed by atoms with van der Waals surface area (Å²) in [5.41, 5.74) is 1.44. The van der Waals surface area contributed by atoms with E-state index in [1.54, 1.807) is 56.7 Å². The highest BCUT2D eigenvalue weighted by molar-refractivity contribution is 6.30. The number of hydrogen-bond donors (Lipinski definition) is 1. The molecule has 0 saturated carbocycles. The summed E-state index contributed by atoms with van der Waals surface area (Å²) in [6.45, 7) is 0. The molecule has 0 amide bonds. The highest BCUT2D eigenvalue weighted by atomic mass is 35.5. The molecule has 0 heterocycles. The van der Waals surface area contributed by atoms with Gasteiger partial charge >= 0.3 is 0 Å². The van der Waals surface area contributed by atoms with Gasteiger partial charge in [-0.05, 0) is 29.8 Å². The van der Waals surface area contributed by atoms with E-state index in [1.165, 1.54) is 0 Å². The van der Waals surface area contributed by atoms with Gasteiger partial charge < -0.3 is 14.6 Å². The number of hydrogen-bond acceptors (Lipinski definition) is 3. The molecule has 4 heteroatoms. The summed E-state index contributed by atoms with van der Waals surface area (Å²) in [4.78, 5) is 0. The zero-order valence-corrected chi connectivity index (χ0v) is 11.5. The molecule has 2 aromatic rings. The summed E-state index contributed by atoms with van der Waals surface area (Å²) in [6, 6.07) is 12.4. The number of aliphatic hydroxyl groups is 1. The Kier molecular flexibility index (Phi) is 4.30. The second-order valence-electron chi connectivity index (χ2n) is 4.06. The Morgan fingerprint density at radius 1 is 1.00 bits per heavy atom. The van der Waals surface area contributed by atoms with Crippen molar-refractivity contribution in [3.8, 4) is 11.5 Å². The van der Waals surface area contributed by atoms with Crippen molar-refractivity contribution in [2.24, 2.45) is 0 Å². The minimum atomic E-state index is -0.766. The second kappa shape index (κ2) is 5.95. The van der Waals surface area contributed by atoms with Crippen molar-refractivity contribution < 1.29 is 14.6 Å². The molecule has 0 aromatic heterocycles. The first kappa shape index (κ1) is 13.7. The normalized spacial score (nSPS) is 12.0. The van der Waals surface area contributed by atoms with E-state index in [0.717, 1.165) is 5.56 Å². The van der Waals surface area contributed by atoms with Crippen molar-refractivity contribution in [1.29, 1.82) is 0 Å². The van der Waals surface area contributed by atoms with Crippen molar-refractivity contribution in [3.63, 3.8) is 0 Å². The van der Waals surface area contributed by atoms with E-state index >= 15 is 0 Å². The van der Waals surface area contributed by atoms with Crippen LogP contribution in [-0.2, 0) is 0 Å². The van der Waals surface area contributed by atoms with Gasteiger partial charge in [0.1, 0.15) is 17.6 Å². The first-order valence-electron chi connectivity index (χ1n) is 5.81. The number of methoxy groups -OCH3 is 2. The van der Waals surface area contributed by atoms with Crippen LogP contribution in [0.3, 0.4) is 0 Å². The molecule has 19 heavy (non-hydrogen) atoms. The van der Waals surface area contributed by atoms with Crippen LogP contribution >= 0.6 is 11.6 Å². The van der Waals surface area contributed by atoms with Crippen LogP contribution in [0.15, 0.2) is 42.5 Å². The third kappa shape index (κ3) is 3.00. The molecule has 2 rings (SSSR count). The Labute approximate surface area is 117 Å². The maximum atomic E-state index is 10.4. The lowest BCUT2D eigenvalue weighted by molar-refractivity contribution is 0.214. The Hall–Kier alpha value is -1.71. The minimum Gasteiger partial charge on any atom is -0.497 e. The maximum absolute atomic E-state index is 10.4. The number of rotatable bonds is 4. The van der Waals surface area contributed by atoms with Crippen molar-refractivity contribution in [1.82, 2.24) is 0 Å². The maximum Gasteiger partial charge on any atom is 0.128 e. The molecule has 2 aromatic carbocycles. The van der Waals surface area contributed by atoms with Gasteiger partial charge in [-0.3, -0.25) is 0 Å². The average Bonchev–Trinajstić information content (AvgIpc) is 2.46. The van der Waals surface area contributed by atoms with E-state index in [2.05, 4.69) is 0 Å². The summed E-state index contributed by atoms with van der Waals surface area (Å²) in [7, 11) is 3.15. The summed E-state index contributed by atoms with van der Waals surface area (Å²) < 4.78 is 10.4. The standard InChI is InChI=1S/C15H15ClO3/c1-18-12-7-8-13(14(9-12)19-2)15(17)10-3-5-11(16)6-4-10/h3-9,15,17H,1-2H3/t15-/m0/s1. The molecule has 0 bridgehead atoms. The summed E-state index contributed by atoms with van der Waals surface area (Å²) in [5, 5.41) is 11.0. The zero-order valence-electron chi connectivity index (χ0n) is 10.8. The lowest BCUT2D eigenvalue weighted by atomic mass is 10.0. The minimum absolute atomic E-state index is 0.585. The Morgan fingerprint density at radius 3 is 2.26 bits per heavy atom. The summed E-state index contributed by atoms with van der Waals surface area (Å²) in [5.74, 6) is 1.27. The SMILES string of the molecule is COc1ccc([C@@H](O)c2ccc(Cl)cc2)c(OC)c1. The lowest BCUT2D eigenvalue weighted by Crippen LogP contribution is -2.02. The molecule has 1 atom stereocenters. The van der Waals surface area contributed by atoms with Crippen LogP contribution in [0, 0.1) is 0 Å². The van der Waals surface area contributed by atoms with Crippen molar-refractivity contribution in [3.05, 3.63) is 58.6 Å².